The van der Waals surface area contributed by atoms with Gasteiger partial charge in [0.15, 0.2) is 11.5 Å². The lowest BCUT2D eigenvalue weighted by atomic mass is 10.1. The molecule has 0 unspecified atom stereocenters. The summed E-state index contributed by atoms with van der Waals surface area (Å²) in [5.74, 6) is 3.25. The molecule has 5 rings (SSSR count). The molecule has 1 aliphatic heterocycles. The van der Waals surface area contributed by atoms with Crippen LogP contribution in [0.15, 0.2) is 53.8 Å². The molecule has 37 heavy (non-hydrogen) atoms. The van der Waals surface area contributed by atoms with Crippen LogP contribution in [0.1, 0.15) is 23.4 Å². The Morgan fingerprint density at radius 1 is 1.03 bits per heavy atom. The first kappa shape index (κ1) is 24.5. The number of anilines is 2. The molecule has 0 amide bonds. The molecule has 3 heterocycles. The van der Waals surface area contributed by atoms with Crippen LogP contribution in [0, 0.1) is 0 Å². The van der Waals surface area contributed by atoms with Gasteiger partial charge in [0.2, 0.25) is 11.9 Å². The van der Waals surface area contributed by atoms with E-state index in [9.17, 15) is 0 Å². The van der Waals surface area contributed by atoms with Crippen LogP contribution in [-0.2, 0) is 17.6 Å². The highest BCUT2D eigenvalue weighted by molar-refractivity contribution is 5.99. The van der Waals surface area contributed by atoms with E-state index in [0.717, 1.165) is 59.7 Å². The quantitative estimate of drug-likeness (QED) is 0.249. The third kappa shape index (κ3) is 5.97. The lowest BCUT2D eigenvalue weighted by molar-refractivity contribution is 0.122. The molecule has 0 aliphatic carbocycles. The Balaban J connectivity index is 1.30. The fourth-order valence-electron chi connectivity index (χ4n) is 4.32. The fourth-order valence-corrected chi connectivity index (χ4v) is 4.32. The zero-order valence-electron chi connectivity index (χ0n) is 21.1. The van der Waals surface area contributed by atoms with Gasteiger partial charge in [0.05, 0.1) is 33.6 Å². The zero-order chi connectivity index (χ0) is 25.5. The first-order valence-corrected chi connectivity index (χ1v) is 12.4. The van der Waals surface area contributed by atoms with Crippen LogP contribution in [0.25, 0.3) is 10.9 Å². The number of aromatic amines is 1. The number of rotatable bonds is 10. The topological polar surface area (TPSA) is 110 Å². The minimum absolute atomic E-state index is 0.425. The number of hydrogen-bond donors (Lipinski definition) is 2. The lowest BCUT2D eigenvalue weighted by Gasteiger charge is -2.27. The summed E-state index contributed by atoms with van der Waals surface area (Å²) in [5.41, 5.74) is 6.23. The van der Waals surface area contributed by atoms with Crippen LogP contribution in [0.5, 0.6) is 11.5 Å². The van der Waals surface area contributed by atoms with Crippen molar-refractivity contribution in [2.75, 3.05) is 50.8 Å². The Bertz CT molecular complexity index is 1370. The van der Waals surface area contributed by atoms with Crippen molar-refractivity contribution in [3.8, 4) is 11.5 Å². The molecule has 10 nitrogen and oxygen atoms in total. The van der Waals surface area contributed by atoms with E-state index in [1.165, 1.54) is 5.56 Å². The van der Waals surface area contributed by atoms with Crippen molar-refractivity contribution >= 4 is 29.0 Å². The molecule has 0 saturated carbocycles. The normalized spacial score (nSPS) is 13.8. The van der Waals surface area contributed by atoms with Crippen LogP contribution in [0.2, 0.25) is 0 Å². The van der Waals surface area contributed by atoms with Gasteiger partial charge in [-0.15, -0.1) is 0 Å². The number of benzene rings is 2. The SMILES string of the molecule is COc1ccc(CCCc2nc(N/N=C/c3c[nH]c4ccccc34)nc(N3CCOCC3)n2)cc1OC. The smallest absolute Gasteiger partial charge is 0.248 e. The predicted molar refractivity (Wildman–Crippen MR) is 144 cm³/mol. The van der Waals surface area contributed by atoms with E-state index < -0.39 is 0 Å². The average Bonchev–Trinajstić information content (AvgIpc) is 3.36. The minimum atomic E-state index is 0.425. The maximum absolute atomic E-state index is 5.50. The number of ether oxygens (including phenoxy) is 3. The summed E-state index contributed by atoms with van der Waals surface area (Å²) in [7, 11) is 3.29. The Labute approximate surface area is 215 Å². The largest absolute Gasteiger partial charge is 0.493 e. The second-order valence-electron chi connectivity index (χ2n) is 8.68. The summed E-state index contributed by atoms with van der Waals surface area (Å²) in [5, 5.41) is 5.51. The molecule has 0 radical (unpaired) electrons. The molecule has 1 saturated heterocycles. The molecule has 2 aromatic heterocycles. The van der Waals surface area contributed by atoms with E-state index in [1.807, 2.05) is 36.5 Å². The number of aryl methyl sites for hydroxylation is 2. The van der Waals surface area contributed by atoms with Crippen molar-refractivity contribution in [2.24, 2.45) is 5.10 Å². The van der Waals surface area contributed by atoms with Crippen molar-refractivity contribution in [3.05, 3.63) is 65.6 Å². The maximum Gasteiger partial charge on any atom is 0.248 e. The van der Waals surface area contributed by atoms with Crippen LogP contribution < -0.4 is 19.8 Å². The number of morpholine rings is 1. The Morgan fingerprint density at radius 2 is 1.86 bits per heavy atom. The zero-order valence-corrected chi connectivity index (χ0v) is 21.1. The number of fused-ring (bicyclic) bond motifs is 1. The van der Waals surface area contributed by atoms with Gasteiger partial charge in [-0.05, 0) is 36.6 Å². The number of methoxy groups -OCH3 is 2. The first-order valence-electron chi connectivity index (χ1n) is 12.4. The van der Waals surface area contributed by atoms with Crippen molar-refractivity contribution in [3.63, 3.8) is 0 Å². The monoisotopic (exact) mass is 501 g/mol. The molecular formula is C27H31N7O3. The van der Waals surface area contributed by atoms with Crippen molar-refractivity contribution in [1.29, 1.82) is 0 Å². The Hall–Kier alpha value is -4.18. The molecule has 192 valence electrons. The van der Waals surface area contributed by atoms with Crippen molar-refractivity contribution in [1.82, 2.24) is 19.9 Å². The number of nitrogens with one attached hydrogen (secondary N) is 2. The van der Waals surface area contributed by atoms with Gasteiger partial charge in [0.1, 0.15) is 5.82 Å². The van der Waals surface area contributed by atoms with Crippen molar-refractivity contribution < 1.29 is 14.2 Å². The van der Waals surface area contributed by atoms with Crippen molar-refractivity contribution in [2.45, 2.75) is 19.3 Å². The Morgan fingerprint density at radius 3 is 2.70 bits per heavy atom. The van der Waals surface area contributed by atoms with Gasteiger partial charge in [-0.25, -0.2) is 5.43 Å². The van der Waals surface area contributed by atoms with Gasteiger partial charge in [-0.2, -0.15) is 20.1 Å². The van der Waals surface area contributed by atoms with Crippen LogP contribution in [0.4, 0.5) is 11.9 Å². The average molecular weight is 502 g/mol. The molecule has 4 aromatic rings. The molecule has 1 aliphatic rings. The number of H-pyrrole nitrogens is 1. The fraction of sp³-hybridized carbons (Fsp3) is 0.333. The van der Waals surface area contributed by atoms with E-state index >= 15 is 0 Å². The lowest BCUT2D eigenvalue weighted by Crippen LogP contribution is -2.37. The predicted octanol–water partition coefficient (Wildman–Crippen LogP) is 3.83. The van der Waals surface area contributed by atoms with Gasteiger partial charge in [0, 0.05) is 42.2 Å². The molecule has 2 N–H and O–H groups in total. The van der Waals surface area contributed by atoms with Gasteiger partial charge in [-0.1, -0.05) is 24.3 Å². The number of hydrazone groups is 1. The second-order valence-corrected chi connectivity index (χ2v) is 8.68. The third-order valence-electron chi connectivity index (χ3n) is 6.27. The molecule has 2 aromatic carbocycles. The third-order valence-corrected chi connectivity index (χ3v) is 6.27. The highest BCUT2D eigenvalue weighted by Gasteiger charge is 2.17. The first-order chi connectivity index (χ1) is 18.2. The summed E-state index contributed by atoms with van der Waals surface area (Å²) in [6, 6.07) is 14.1. The maximum atomic E-state index is 5.50. The summed E-state index contributed by atoms with van der Waals surface area (Å²) in [6.45, 7) is 2.80. The molecule has 0 bridgehead atoms. The number of aromatic nitrogens is 4. The minimum Gasteiger partial charge on any atom is -0.493 e. The molecule has 1 fully saturated rings. The number of hydrogen-bond acceptors (Lipinski definition) is 9. The second kappa shape index (κ2) is 11.7. The summed E-state index contributed by atoms with van der Waals surface area (Å²) in [6.07, 6.45) is 6.14. The van der Waals surface area contributed by atoms with Crippen LogP contribution in [-0.4, -0.2) is 66.7 Å². The summed E-state index contributed by atoms with van der Waals surface area (Å²) < 4.78 is 16.3. The van der Waals surface area contributed by atoms with Crippen LogP contribution in [0.3, 0.4) is 0 Å². The molecule has 0 spiro atoms. The Kier molecular flexibility index (Phi) is 7.75. The van der Waals surface area contributed by atoms with E-state index in [0.29, 0.717) is 31.5 Å². The molecule has 10 heteroatoms. The van der Waals surface area contributed by atoms with Crippen LogP contribution >= 0.6 is 0 Å². The van der Waals surface area contributed by atoms with E-state index in [-0.39, 0.29) is 0 Å². The highest BCUT2D eigenvalue weighted by atomic mass is 16.5. The van der Waals surface area contributed by atoms with Gasteiger partial charge >= 0.3 is 0 Å². The molecule has 0 atom stereocenters. The van der Waals surface area contributed by atoms with Gasteiger partial charge < -0.3 is 24.1 Å². The summed E-state index contributed by atoms with van der Waals surface area (Å²) in [4.78, 5) is 19.4. The van der Waals surface area contributed by atoms with E-state index in [1.54, 1.807) is 20.4 Å². The molecular weight excluding hydrogens is 470 g/mol. The highest BCUT2D eigenvalue weighted by Crippen LogP contribution is 2.28. The van der Waals surface area contributed by atoms with Gasteiger partial charge in [0.25, 0.3) is 0 Å². The van der Waals surface area contributed by atoms with Gasteiger partial charge in [-0.3, -0.25) is 0 Å². The standard InChI is InChI=1S/C27H31N7O3/c1-35-23-11-10-19(16-24(23)36-2)6-5-9-25-30-26(32-27(31-25)34-12-14-37-15-13-34)33-29-18-20-17-28-22-8-4-3-7-21(20)22/h3-4,7-8,10-11,16-18,28H,5-6,9,12-15H2,1-2H3,(H,30,31,32,33)/b29-18+. The summed E-state index contributed by atoms with van der Waals surface area (Å²) >= 11 is 0. The van der Waals surface area contributed by atoms with E-state index in [4.69, 9.17) is 19.2 Å². The van der Waals surface area contributed by atoms with E-state index in [2.05, 4.69) is 42.5 Å². The number of para-hydroxylation sites is 1. The number of nitrogens with zero attached hydrogens (tertiary/aromatic N) is 5.